The Balaban J connectivity index is 2.50. The van der Waals surface area contributed by atoms with E-state index in [9.17, 15) is 0 Å². The van der Waals surface area contributed by atoms with Crippen LogP contribution in [0.4, 0.5) is 0 Å². The summed E-state index contributed by atoms with van der Waals surface area (Å²) in [6.07, 6.45) is 3.55. The summed E-state index contributed by atoms with van der Waals surface area (Å²) in [5.41, 5.74) is 4.70. The fourth-order valence-corrected chi connectivity index (χ4v) is 3.44. The van der Waals surface area contributed by atoms with Crippen LogP contribution in [0.1, 0.15) is 63.3 Å². The second kappa shape index (κ2) is 6.17. The van der Waals surface area contributed by atoms with Gasteiger partial charge in [0.1, 0.15) is 5.75 Å². The van der Waals surface area contributed by atoms with E-state index < -0.39 is 0 Å². The van der Waals surface area contributed by atoms with Crippen LogP contribution in [0.2, 0.25) is 0 Å². The van der Waals surface area contributed by atoms with Crippen molar-refractivity contribution in [1.29, 1.82) is 0 Å². The third-order valence-electron chi connectivity index (χ3n) is 4.44. The van der Waals surface area contributed by atoms with E-state index >= 15 is 0 Å². The molecule has 0 aliphatic heterocycles. The van der Waals surface area contributed by atoms with Gasteiger partial charge in [-0.25, -0.2) is 0 Å². The van der Waals surface area contributed by atoms with Crippen molar-refractivity contribution in [2.24, 2.45) is 5.41 Å². The number of aryl methyl sites for hydroxylation is 1. The number of nitrogens with one attached hydrogen (secondary N) is 1. The number of fused-ring (bicyclic) bond motifs is 1. The second-order valence-corrected chi connectivity index (χ2v) is 6.68. The molecule has 1 N–H and O–H groups in total. The van der Waals surface area contributed by atoms with Crippen LogP contribution < -0.4 is 10.1 Å². The summed E-state index contributed by atoms with van der Waals surface area (Å²) in [5.74, 6) is 1.09. The molecule has 1 aliphatic rings. The van der Waals surface area contributed by atoms with Crippen molar-refractivity contribution in [3.8, 4) is 5.75 Å². The van der Waals surface area contributed by atoms with Gasteiger partial charge < -0.3 is 10.1 Å². The zero-order chi connectivity index (χ0) is 14.8. The zero-order valence-corrected chi connectivity index (χ0v) is 13.7. The van der Waals surface area contributed by atoms with Gasteiger partial charge in [0.15, 0.2) is 0 Å². The Labute approximate surface area is 123 Å². The molecule has 0 saturated heterocycles. The third-order valence-corrected chi connectivity index (χ3v) is 4.44. The lowest BCUT2D eigenvalue weighted by atomic mass is 9.82. The Morgan fingerprint density at radius 3 is 2.70 bits per heavy atom. The van der Waals surface area contributed by atoms with Crippen molar-refractivity contribution in [2.75, 3.05) is 13.2 Å². The van der Waals surface area contributed by atoms with Gasteiger partial charge in [0.2, 0.25) is 0 Å². The van der Waals surface area contributed by atoms with Crippen LogP contribution in [0.3, 0.4) is 0 Å². The Hall–Kier alpha value is -1.02. The highest BCUT2D eigenvalue weighted by Gasteiger charge is 2.31. The van der Waals surface area contributed by atoms with Crippen molar-refractivity contribution in [2.45, 2.75) is 59.9 Å². The molecule has 2 heteroatoms. The number of rotatable bonds is 4. The Morgan fingerprint density at radius 1 is 1.30 bits per heavy atom. The van der Waals surface area contributed by atoms with E-state index in [4.69, 9.17) is 4.74 Å². The van der Waals surface area contributed by atoms with Gasteiger partial charge in [0, 0.05) is 6.04 Å². The lowest BCUT2D eigenvalue weighted by molar-refractivity contribution is 0.274. The molecule has 0 spiro atoms. The van der Waals surface area contributed by atoms with E-state index in [0.29, 0.717) is 11.5 Å². The monoisotopic (exact) mass is 275 g/mol. The minimum Gasteiger partial charge on any atom is -0.494 e. The van der Waals surface area contributed by atoms with Gasteiger partial charge in [-0.05, 0) is 67.8 Å². The first-order chi connectivity index (χ1) is 9.48. The highest BCUT2D eigenvalue weighted by molar-refractivity contribution is 5.47. The fourth-order valence-electron chi connectivity index (χ4n) is 3.44. The van der Waals surface area contributed by atoms with E-state index in [-0.39, 0.29) is 0 Å². The maximum absolute atomic E-state index is 5.88. The topological polar surface area (TPSA) is 21.3 Å². The molecular weight excluding hydrogens is 246 g/mol. The molecule has 1 aromatic carbocycles. The molecule has 0 amide bonds. The lowest BCUT2D eigenvalue weighted by Crippen LogP contribution is -2.26. The molecule has 20 heavy (non-hydrogen) atoms. The molecule has 112 valence electrons. The maximum Gasteiger partial charge on any atom is 0.122 e. The molecule has 1 aliphatic carbocycles. The summed E-state index contributed by atoms with van der Waals surface area (Å²) < 4.78 is 5.88. The number of ether oxygens (including phenoxy) is 1. The molecule has 0 aromatic heterocycles. The summed E-state index contributed by atoms with van der Waals surface area (Å²) >= 11 is 0. The summed E-state index contributed by atoms with van der Waals surface area (Å²) in [5, 5.41) is 3.69. The minimum atomic E-state index is 0.377. The normalized spacial score (nSPS) is 21.1. The molecule has 1 aromatic rings. The van der Waals surface area contributed by atoms with Crippen LogP contribution in [-0.4, -0.2) is 13.2 Å². The average Bonchev–Trinajstić information content (AvgIpc) is 2.51. The fraction of sp³-hybridized carbons (Fsp3) is 0.667. The molecular formula is C18H29NO. The minimum absolute atomic E-state index is 0.377. The molecule has 0 fully saturated rings. The van der Waals surface area contributed by atoms with Crippen molar-refractivity contribution in [3.63, 3.8) is 0 Å². The van der Waals surface area contributed by atoms with Crippen molar-refractivity contribution >= 4 is 0 Å². The molecule has 0 bridgehead atoms. The number of hydrogen-bond acceptors (Lipinski definition) is 2. The van der Waals surface area contributed by atoms with Crippen LogP contribution in [0.25, 0.3) is 0 Å². The molecule has 2 nitrogen and oxygen atoms in total. The SMILES string of the molecule is CCNC1CC(C)(C)CCc2c(OCC)ccc(C)c21. The van der Waals surface area contributed by atoms with E-state index in [1.54, 1.807) is 0 Å². The molecule has 2 rings (SSSR count). The van der Waals surface area contributed by atoms with Crippen LogP contribution in [0.5, 0.6) is 5.75 Å². The Bertz CT molecular complexity index is 465. The molecule has 1 unspecified atom stereocenters. The van der Waals surface area contributed by atoms with Crippen molar-refractivity contribution in [3.05, 3.63) is 28.8 Å². The Kier molecular flexibility index (Phi) is 4.74. The van der Waals surface area contributed by atoms with Crippen molar-refractivity contribution in [1.82, 2.24) is 5.32 Å². The standard InChI is InChI=1S/C18H29NO/c1-6-19-15-12-18(4,5)11-10-14-16(20-7-2)9-8-13(3)17(14)15/h8-9,15,19H,6-7,10-12H2,1-5H3. The van der Waals surface area contributed by atoms with E-state index in [1.165, 1.54) is 29.5 Å². The Morgan fingerprint density at radius 2 is 2.05 bits per heavy atom. The largest absolute Gasteiger partial charge is 0.494 e. The van der Waals surface area contributed by atoms with E-state index in [2.05, 4.69) is 52.1 Å². The smallest absolute Gasteiger partial charge is 0.122 e. The molecule has 0 saturated carbocycles. The summed E-state index contributed by atoms with van der Waals surface area (Å²) in [6, 6.07) is 4.82. The van der Waals surface area contributed by atoms with E-state index in [1.807, 2.05) is 0 Å². The maximum atomic E-state index is 5.88. The molecule has 1 atom stereocenters. The molecule has 0 heterocycles. The van der Waals surface area contributed by atoms with Crippen LogP contribution in [0.15, 0.2) is 12.1 Å². The number of hydrogen-bond donors (Lipinski definition) is 1. The first-order valence-electron chi connectivity index (χ1n) is 7.97. The van der Waals surface area contributed by atoms with Gasteiger partial charge in [-0.1, -0.05) is 26.8 Å². The predicted octanol–water partition coefficient (Wildman–Crippen LogP) is 4.41. The van der Waals surface area contributed by atoms with Crippen LogP contribution >= 0.6 is 0 Å². The van der Waals surface area contributed by atoms with Gasteiger partial charge in [-0.3, -0.25) is 0 Å². The lowest BCUT2D eigenvalue weighted by Gasteiger charge is -2.28. The van der Waals surface area contributed by atoms with Gasteiger partial charge in [-0.15, -0.1) is 0 Å². The van der Waals surface area contributed by atoms with Crippen LogP contribution in [-0.2, 0) is 6.42 Å². The summed E-state index contributed by atoms with van der Waals surface area (Å²) in [6.45, 7) is 13.0. The first-order valence-corrected chi connectivity index (χ1v) is 7.97. The van der Waals surface area contributed by atoms with Gasteiger partial charge in [0.05, 0.1) is 6.61 Å². The van der Waals surface area contributed by atoms with Gasteiger partial charge in [-0.2, -0.15) is 0 Å². The quantitative estimate of drug-likeness (QED) is 0.822. The van der Waals surface area contributed by atoms with Gasteiger partial charge >= 0.3 is 0 Å². The first kappa shape index (κ1) is 15.4. The second-order valence-electron chi connectivity index (χ2n) is 6.68. The predicted molar refractivity (Wildman–Crippen MR) is 85.5 cm³/mol. The molecule has 0 radical (unpaired) electrons. The highest BCUT2D eigenvalue weighted by atomic mass is 16.5. The van der Waals surface area contributed by atoms with Crippen molar-refractivity contribution < 1.29 is 4.74 Å². The van der Waals surface area contributed by atoms with E-state index in [0.717, 1.165) is 25.3 Å². The zero-order valence-electron chi connectivity index (χ0n) is 13.7. The average molecular weight is 275 g/mol. The highest BCUT2D eigenvalue weighted by Crippen LogP contribution is 2.43. The third kappa shape index (κ3) is 3.17. The summed E-state index contributed by atoms with van der Waals surface area (Å²) in [7, 11) is 0. The van der Waals surface area contributed by atoms with Crippen LogP contribution in [0, 0.1) is 12.3 Å². The number of benzene rings is 1. The summed E-state index contributed by atoms with van der Waals surface area (Å²) in [4.78, 5) is 0. The van der Waals surface area contributed by atoms with Gasteiger partial charge in [0.25, 0.3) is 0 Å².